The van der Waals surface area contributed by atoms with Gasteiger partial charge in [-0.1, -0.05) is 42.0 Å². The van der Waals surface area contributed by atoms with Gasteiger partial charge in [0.05, 0.1) is 24.5 Å². The number of methoxy groups -OCH3 is 1. The van der Waals surface area contributed by atoms with E-state index in [1.54, 1.807) is 18.2 Å². The predicted molar refractivity (Wildman–Crippen MR) is 115 cm³/mol. The molecular weight excluding hydrogens is 421 g/mol. The summed E-state index contributed by atoms with van der Waals surface area (Å²) in [7, 11) is 1.49. The molecule has 0 aromatic heterocycles. The van der Waals surface area contributed by atoms with Crippen molar-refractivity contribution in [1.29, 1.82) is 0 Å². The molecule has 0 atom stereocenters. The number of nitrogens with one attached hydrogen (secondary N) is 1. The standard InChI is InChI=1S/C24H21F3N2O3/c1-16-7-9-17(10-8-16)15-32-21-12-11-18(13-22(21)31-2)14-28-29-23(30)19-5-3-4-6-20(19)24(25,26)27/h3-14H,15H2,1-2H3,(H,29,30)/b28-14+. The van der Waals surface area contributed by atoms with E-state index in [9.17, 15) is 18.0 Å². The molecule has 0 spiro atoms. The third kappa shape index (κ3) is 5.87. The first-order chi connectivity index (χ1) is 15.3. The quantitative estimate of drug-likeness (QED) is 0.396. The first-order valence-electron chi connectivity index (χ1n) is 9.64. The number of aryl methyl sites for hydroxylation is 1. The van der Waals surface area contributed by atoms with Crippen LogP contribution in [0.25, 0.3) is 0 Å². The summed E-state index contributed by atoms with van der Waals surface area (Å²) in [6, 6.07) is 17.5. The minimum absolute atomic E-state index is 0.360. The molecule has 0 fully saturated rings. The summed E-state index contributed by atoms with van der Waals surface area (Å²) in [5.74, 6) is 0.0161. The Morgan fingerprint density at radius 2 is 1.75 bits per heavy atom. The van der Waals surface area contributed by atoms with Gasteiger partial charge in [-0.3, -0.25) is 4.79 Å². The molecule has 8 heteroatoms. The molecule has 0 radical (unpaired) electrons. The molecule has 0 aliphatic heterocycles. The van der Waals surface area contributed by atoms with E-state index in [-0.39, 0.29) is 0 Å². The summed E-state index contributed by atoms with van der Waals surface area (Å²) in [6.07, 6.45) is -3.33. The van der Waals surface area contributed by atoms with Crippen molar-refractivity contribution in [3.8, 4) is 11.5 Å². The van der Waals surface area contributed by atoms with Gasteiger partial charge in [-0.05, 0) is 48.4 Å². The maximum absolute atomic E-state index is 13.1. The number of nitrogens with zero attached hydrogens (tertiary/aromatic N) is 1. The number of hydrogen-bond acceptors (Lipinski definition) is 4. The highest BCUT2D eigenvalue weighted by atomic mass is 19.4. The Balaban J connectivity index is 1.66. The van der Waals surface area contributed by atoms with E-state index in [4.69, 9.17) is 9.47 Å². The van der Waals surface area contributed by atoms with Crippen LogP contribution in [0.15, 0.2) is 71.8 Å². The lowest BCUT2D eigenvalue weighted by molar-refractivity contribution is -0.137. The van der Waals surface area contributed by atoms with Crippen LogP contribution >= 0.6 is 0 Å². The van der Waals surface area contributed by atoms with Crippen LogP contribution in [-0.2, 0) is 12.8 Å². The van der Waals surface area contributed by atoms with Crippen molar-refractivity contribution in [2.75, 3.05) is 7.11 Å². The van der Waals surface area contributed by atoms with Crippen LogP contribution in [0.3, 0.4) is 0 Å². The Hall–Kier alpha value is -3.81. The average Bonchev–Trinajstić information content (AvgIpc) is 2.78. The monoisotopic (exact) mass is 442 g/mol. The summed E-state index contributed by atoms with van der Waals surface area (Å²) >= 11 is 0. The fraction of sp³-hybridized carbons (Fsp3) is 0.167. The molecule has 1 amide bonds. The largest absolute Gasteiger partial charge is 0.493 e. The van der Waals surface area contributed by atoms with Crippen LogP contribution in [0.2, 0.25) is 0 Å². The highest BCUT2D eigenvalue weighted by Gasteiger charge is 2.34. The van der Waals surface area contributed by atoms with Crippen molar-refractivity contribution >= 4 is 12.1 Å². The summed E-state index contributed by atoms with van der Waals surface area (Å²) in [6.45, 7) is 2.37. The summed E-state index contributed by atoms with van der Waals surface area (Å²) in [4.78, 5) is 12.2. The lowest BCUT2D eigenvalue weighted by Gasteiger charge is -2.12. The highest BCUT2D eigenvalue weighted by molar-refractivity contribution is 5.96. The molecule has 0 heterocycles. The molecule has 0 unspecified atom stereocenters. The van der Waals surface area contributed by atoms with E-state index in [1.807, 2.05) is 31.2 Å². The number of carbonyl (C=O) groups excluding carboxylic acids is 1. The zero-order chi connectivity index (χ0) is 23.1. The van der Waals surface area contributed by atoms with Crippen LogP contribution in [0.4, 0.5) is 13.2 Å². The first-order valence-corrected chi connectivity index (χ1v) is 9.64. The lowest BCUT2D eigenvalue weighted by Crippen LogP contribution is -2.22. The van der Waals surface area contributed by atoms with Gasteiger partial charge < -0.3 is 9.47 Å². The smallest absolute Gasteiger partial charge is 0.417 e. The fourth-order valence-electron chi connectivity index (χ4n) is 2.88. The summed E-state index contributed by atoms with van der Waals surface area (Å²) in [5.41, 5.74) is 3.32. The van der Waals surface area contributed by atoms with E-state index < -0.39 is 23.2 Å². The Labute approximate surface area is 183 Å². The Morgan fingerprint density at radius 3 is 2.44 bits per heavy atom. The van der Waals surface area contributed by atoms with E-state index >= 15 is 0 Å². The Bertz CT molecular complexity index is 1110. The summed E-state index contributed by atoms with van der Waals surface area (Å²) in [5, 5.41) is 3.76. The minimum atomic E-state index is -4.64. The molecule has 0 saturated carbocycles. The van der Waals surface area contributed by atoms with E-state index in [2.05, 4.69) is 10.5 Å². The van der Waals surface area contributed by atoms with Gasteiger partial charge in [-0.25, -0.2) is 5.43 Å². The molecule has 166 valence electrons. The van der Waals surface area contributed by atoms with Crippen LogP contribution < -0.4 is 14.9 Å². The minimum Gasteiger partial charge on any atom is -0.493 e. The molecule has 0 saturated heterocycles. The molecular formula is C24H21F3N2O3. The predicted octanol–water partition coefficient (Wildman–Crippen LogP) is 5.37. The normalized spacial score (nSPS) is 11.4. The fourth-order valence-corrected chi connectivity index (χ4v) is 2.88. The van der Waals surface area contributed by atoms with Gasteiger partial charge in [0, 0.05) is 0 Å². The average molecular weight is 442 g/mol. The first kappa shape index (κ1) is 22.9. The maximum atomic E-state index is 13.1. The van der Waals surface area contributed by atoms with Gasteiger partial charge in [0.1, 0.15) is 6.61 Å². The SMILES string of the molecule is COc1cc(/C=N/NC(=O)c2ccccc2C(F)(F)F)ccc1OCc1ccc(C)cc1. The Morgan fingerprint density at radius 1 is 1.03 bits per heavy atom. The number of hydrogen-bond donors (Lipinski definition) is 1. The third-order valence-corrected chi connectivity index (χ3v) is 4.56. The molecule has 0 aliphatic carbocycles. The number of alkyl halides is 3. The third-order valence-electron chi connectivity index (χ3n) is 4.56. The molecule has 3 aromatic carbocycles. The van der Waals surface area contributed by atoms with Gasteiger partial charge in [-0.2, -0.15) is 18.3 Å². The number of amides is 1. The maximum Gasteiger partial charge on any atom is 0.417 e. The van der Waals surface area contributed by atoms with Crippen molar-refractivity contribution in [2.45, 2.75) is 19.7 Å². The molecule has 5 nitrogen and oxygen atoms in total. The molecule has 0 aliphatic rings. The number of hydrazone groups is 1. The zero-order valence-electron chi connectivity index (χ0n) is 17.4. The molecule has 3 aromatic rings. The molecule has 32 heavy (non-hydrogen) atoms. The summed E-state index contributed by atoms with van der Waals surface area (Å²) < 4.78 is 50.3. The van der Waals surface area contributed by atoms with Gasteiger partial charge >= 0.3 is 6.18 Å². The van der Waals surface area contributed by atoms with E-state index in [0.29, 0.717) is 23.7 Å². The van der Waals surface area contributed by atoms with E-state index in [0.717, 1.165) is 23.3 Å². The molecule has 0 bridgehead atoms. The number of halogens is 3. The van der Waals surface area contributed by atoms with E-state index in [1.165, 1.54) is 25.5 Å². The van der Waals surface area contributed by atoms with Gasteiger partial charge in [0.2, 0.25) is 0 Å². The number of carbonyl (C=O) groups is 1. The van der Waals surface area contributed by atoms with Crippen molar-refractivity contribution < 1.29 is 27.4 Å². The van der Waals surface area contributed by atoms with Crippen LogP contribution in [-0.4, -0.2) is 19.2 Å². The number of rotatable bonds is 7. The Kier molecular flexibility index (Phi) is 7.14. The van der Waals surface area contributed by atoms with Crippen LogP contribution in [0, 0.1) is 6.92 Å². The molecule has 1 N–H and O–H groups in total. The van der Waals surface area contributed by atoms with Gasteiger partial charge in [-0.15, -0.1) is 0 Å². The second-order valence-electron chi connectivity index (χ2n) is 6.93. The lowest BCUT2D eigenvalue weighted by atomic mass is 10.1. The number of ether oxygens (including phenoxy) is 2. The highest BCUT2D eigenvalue weighted by Crippen LogP contribution is 2.32. The van der Waals surface area contributed by atoms with Crippen LogP contribution in [0.5, 0.6) is 11.5 Å². The van der Waals surface area contributed by atoms with Crippen LogP contribution in [0.1, 0.15) is 32.6 Å². The molecule has 3 rings (SSSR count). The van der Waals surface area contributed by atoms with Crippen molar-refractivity contribution in [2.24, 2.45) is 5.10 Å². The second kappa shape index (κ2) is 10.00. The topological polar surface area (TPSA) is 59.9 Å². The van der Waals surface area contributed by atoms with Crippen molar-refractivity contribution in [3.63, 3.8) is 0 Å². The number of benzene rings is 3. The van der Waals surface area contributed by atoms with Gasteiger partial charge in [0.25, 0.3) is 5.91 Å². The zero-order valence-corrected chi connectivity index (χ0v) is 17.4. The van der Waals surface area contributed by atoms with Crippen molar-refractivity contribution in [3.05, 3.63) is 94.5 Å². The second-order valence-corrected chi connectivity index (χ2v) is 6.93. The van der Waals surface area contributed by atoms with Gasteiger partial charge in [0.15, 0.2) is 11.5 Å². The van der Waals surface area contributed by atoms with Crippen molar-refractivity contribution in [1.82, 2.24) is 5.43 Å².